The Morgan fingerprint density at radius 1 is 1.29 bits per heavy atom. The van der Waals surface area contributed by atoms with Crippen molar-refractivity contribution in [1.29, 1.82) is 0 Å². The van der Waals surface area contributed by atoms with E-state index in [1.54, 1.807) is 19.1 Å². The predicted octanol–water partition coefficient (Wildman–Crippen LogP) is 3.45. The summed E-state index contributed by atoms with van der Waals surface area (Å²) in [5.41, 5.74) is 2.88. The highest BCUT2D eigenvalue weighted by atomic mass is 19.1. The van der Waals surface area contributed by atoms with Crippen molar-refractivity contribution in [2.45, 2.75) is 32.3 Å². The average molecular weight is 380 g/mol. The number of hydrogen-bond acceptors (Lipinski definition) is 3. The third-order valence-electron chi connectivity index (χ3n) is 5.22. The van der Waals surface area contributed by atoms with Crippen molar-refractivity contribution in [3.63, 3.8) is 0 Å². The van der Waals surface area contributed by atoms with Gasteiger partial charge in [0.2, 0.25) is 0 Å². The molecule has 1 unspecified atom stereocenters. The van der Waals surface area contributed by atoms with E-state index in [4.69, 9.17) is 4.74 Å². The van der Waals surface area contributed by atoms with Gasteiger partial charge in [-0.05, 0) is 55.7 Å². The van der Waals surface area contributed by atoms with Crippen LogP contribution in [0.4, 0.5) is 4.39 Å². The number of nitrogens with one attached hydrogen (secondary N) is 2. The number of benzene rings is 2. The highest BCUT2D eigenvalue weighted by Crippen LogP contribution is 2.29. The minimum atomic E-state index is -1.25. The number of fused-ring (bicyclic) bond motifs is 2. The third-order valence-corrected chi connectivity index (χ3v) is 5.22. The number of aromatic nitrogens is 1. The molecule has 28 heavy (non-hydrogen) atoms. The number of aryl methyl sites for hydroxylation is 1. The van der Waals surface area contributed by atoms with E-state index in [1.165, 1.54) is 12.1 Å². The third kappa shape index (κ3) is 3.26. The number of rotatable bonds is 4. The Labute approximate surface area is 161 Å². The minimum absolute atomic E-state index is 0.298. The molecule has 2 N–H and O–H groups in total. The summed E-state index contributed by atoms with van der Waals surface area (Å²) in [5, 5.41) is 3.65. The lowest BCUT2D eigenvalue weighted by Crippen LogP contribution is -2.52. The number of hydrogen-bond donors (Lipinski definition) is 2. The van der Waals surface area contributed by atoms with Gasteiger partial charge in [-0.3, -0.25) is 4.79 Å². The number of cyclic esters (lactones) is 1. The maximum Gasteiger partial charge on any atom is 0.339 e. The second-order valence-corrected chi connectivity index (χ2v) is 7.47. The van der Waals surface area contributed by atoms with Crippen LogP contribution >= 0.6 is 0 Å². The van der Waals surface area contributed by atoms with E-state index in [0.717, 1.165) is 27.6 Å². The lowest BCUT2D eigenvalue weighted by molar-refractivity contribution is -0.139. The molecule has 144 valence electrons. The normalized spacial score (nSPS) is 18.6. The molecule has 5 nitrogen and oxygen atoms in total. The topological polar surface area (TPSA) is 71.2 Å². The molecule has 0 radical (unpaired) electrons. The lowest BCUT2D eigenvalue weighted by Gasteiger charge is -2.33. The Morgan fingerprint density at radius 2 is 2.11 bits per heavy atom. The SMILES string of the molecule is Cc1ccc2c(c1)CC(C)(C(=O)NCCc1c[nH]c3ccc(F)cc13)OC2=O. The van der Waals surface area contributed by atoms with Gasteiger partial charge >= 0.3 is 5.97 Å². The highest BCUT2D eigenvalue weighted by Gasteiger charge is 2.42. The zero-order chi connectivity index (χ0) is 19.9. The first-order valence-electron chi connectivity index (χ1n) is 9.22. The molecule has 2 aromatic carbocycles. The maximum atomic E-state index is 13.5. The summed E-state index contributed by atoms with van der Waals surface area (Å²) in [6.07, 6.45) is 2.69. The number of H-pyrrole nitrogens is 1. The van der Waals surface area contributed by atoms with Gasteiger partial charge in [0.15, 0.2) is 5.60 Å². The predicted molar refractivity (Wildman–Crippen MR) is 104 cm³/mol. The molecule has 2 heterocycles. The average Bonchev–Trinajstić information content (AvgIpc) is 3.03. The quantitative estimate of drug-likeness (QED) is 0.681. The van der Waals surface area contributed by atoms with Crippen LogP contribution in [0.2, 0.25) is 0 Å². The van der Waals surface area contributed by atoms with Crippen LogP contribution < -0.4 is 5.32 Å². The monoisotopic (exact) mass is 380 g/mol. The molecule has 3 aromatic rings. The van der Waals surface area contributed by atoms with Gasteiger partial charge in [-0.15, -0.1) is 0 Å². The van der Waals surface area contributed by atoms with Crippen molar-refractivity contribution in [2.75, 3.05) is 6.54 Å². The van der Waals surface area contributed by atoms with E-state index in [-0.39, 0.29) is 11.7 Å². The van der Waals surface area contributed by atoms with E-state index >= 15 is 0 Å². The fourth-order valence-electron chi connectivity index (χ4n) is 3.71. The summed E-state index contributed by atoms with van der Waals surface area (Å²) in [7, 11) is 0. The van der Waals surface area contributed by atoms with Crippen LogP contribution in [0.3, 0.4) is 0 Å². The maximum absolute atomic E-state index is 13.5. The summed E-state index contributed by atoms with van der Waals surface area (Å²) in [6, 6.07) is 10.1. The molecular formula is C22H21FN2O3. The fraction of sp³-hybridized carbons (Fsp3) is 0.273. The molecule has 1 aliphatic heterocycles. The smallest absolute Gasteiger partial charge is 0.339 e. The van der Waals surface area contributed by atoms with Crippen molar-refractivity contribution in [3.8, 4) is 0 Å². The molecule has 0 saturated carbocycles. The number of halogens is 1. The van der Waals surface area contributed by atoms with Crippen LogP contribution in [-0.2, 0) is 22.4 Å². The van der Waals surface area contributed by atoms with Crippen LogP contribution in [0.1, 0.15) is 34.0 Å². The Balaban J connectivity index is 1.45. The Morgan fingerprint density at radius 3 is 2.93 bits per heavy atom. The van der Waals surface area contributed by atoms with E-state index in [9.17, 15) is 14.0 Å². The molecule has 1 amide bonds. The number of amides is 1. The second kappa shape index (κ2) is 6.78. The molecule has 0 saturated heterocycles. The Kier molecular flexibility index (Phi) is 4.41. The molecule has 0 spiro atoms. The Bertz CT molecular complexity index is 1090. The molecule has 0 bridgehead atoms. The van der Waals surface area contributed by atoms with Crippen LogP contribution in [0, 0.1) is 12.7 Å². The summed E-state index contributed by atoms with van der Waals surface area (Å²) in [6.45, 7) is 3.93. The zero-order valence-electron chi connectivity index (χ0n) is 15.8. The molecule has 1 aliphatic rings. The standard InChI is InChI=1S/C22H21FN2O3/c1-13-3-5-17-15(9-13)11-22(2,28-20(17)26)21(27)24-8-7-14-12-25-19-6-4-16(23)10-18(14)19/h3-6,9-10,12,25H,7-8,11H2,1-2H3,(H,24,27). The van der Waals surface area contributed by atoms with Gasteiger partial charge in [0, 0.05) is 30.1 Å². The van der Waals surface area contributed by atoms with Gasteiger partial charge in [-0.2, -0.15) is 0 Å². The van der Waals surface area contributed by atoms with Crippen molar-refractivity contribution < 1.29 is 18.7 Å². The minimum Gasteiger partial charge on any atom is -0.445 e. The summed E-state index contributed by atoms with van der Waals surface area (Å²) in [5.74, 6) is -1.11. The van der Waals surface area contributed by atoms with Crippen molar-refractivity contribution >= 4 is 22.8 Å². The first kappa shape index (κ1) is 18.2. The summed E-state index contributed by atoms with van der Waals surface area (Å²) >= 11 is 0. The van der Waals surface area contributed by atoms with E-state index < -0.39 is 11.6 Å². The number of esters is 1. The van der Waals surface area contributed by atoms with E-state index in [1.807, 2.05) is 25.3 Å². The van der Waals surface area contributed by atoms with Crippen LogP contribution in [0.15, 0.2) is 42.6 Å². The van der Waals surface area contributed by atoms with Crippen molar-refractivity contribution in [3.05, 3.63) is 70.7 Å². The van der Waals surface area contributed by atoms with Gasteiger partial charge in [-0.25, -0.2) is 9.18 Å². The molecule has 1 aromatic heterocycles. The second-order valence-electron chi connectivity index (χ2n) is 7.47. The van der Waals surface area contributed by atoms with E-state index in [2.05, 4.69) is 10.3 Å². The first-order valence-corrected chi connectivity index (χ1v) is 9.22. The molecule has 1 atom stereocenters. The number of ether oxygens (including phenoxy) is 1. The van der Waals surface area contributed by atoms with Crippen LogP contribution in [0.25, 0.3) is 10.9 Å². The molecule has 0 fully saturated rings. The van der Waals surface area contributed by atoms with Crippen molar-refractivity contribution in [1.82, 2.24) is 10.3 Å². The fourth-order valence-corrected chi connectivity index (χ4v) is 3.71. The molecule has 4 rings (SSSR count). The van der Waals surface area contributed by atoms with Gasteiger partial charge < -0.3 is 15.0 Å². The van der Waals surface area contributed by atoms with Gasteiger partial charge in [0.1, 0.15) is 5.82 Å². The largest absolute Gasteiger partial charge is 0.445 e. The zero-order valence-corrected chi connectivity index (χ0v) is 15.8. The molecule has 0 aliphatic carbocycles. The lowest BCUT2D eigenvalue weighted by atomic mass is 9.88. The van der Waals surface area contributed by atoms with E-state index in [0.29, 0.717) is 24.9 Å². The Hall–Kier alpha value is -3.15. The van der Waals surface area contributed by atoms with Gasteiger partial charge in [0.25, 0.3) is 5.91 Å². The van der Waals surface area contributed by atoms with Gasteiger partial charge in [-0.1, -0.05) is 17.7 Å². The first-order chi connectivity index (χ1) is 13.4. The highest BCUT2D eigenvalue weighted by molar-refractivity contribution is 5.97. The summed E-state index contributed by atoms with van der Waals surface area (Å²) in [4.78, 5) is 28.2. The van der Waals surface area contributed by atoms with Crippen LogP contribution in [-0.4, -0.2) is 29.0 Å². The number of carbonyl (C=O) groups is 2. The number of carbonyl (C=O) groups excluding carboxylic acids is 2. The van der Waals surface area contributed by atoms with Crippen molar-refractivity contribution in [2.24, 2.45) is 0 Å². The molecular weight excluding hydrogens is 359 g/mol. The summed E-state index contributed by atoms with van der Waals surface area (Å²) < 4.78 is 19.0. The van der Waals surface area contributed by atoms with Crippen LogP contribution in [0.5, 0.6) is 0 Å². The van der Waals surface area contributed by atoms with Gasteiger partial charge in [0.05, 0.1) is 5.56 Å². The molecule has 6 heteroatoms. The number of aromatic amines is 1.